The van der Waals surface area contributed by atoms with E-state index in [-0.39, 0.29) is 0 Å². The smallest absolute Gasteiger partial charge is 0.311 e. The summed E-state index contributed by atoms with van der Waals surface area (Å²) in [5.74, 6) is 0.106. The van der Waals surface area contributed by atoms with Crippen molar-refractivity contribution in [1.82, 2.24) is 9.66 Å². The largest absolute Gasteiger partial charge is 0.502 e. The molecule has 4 rings (SSSR count). The molecule has 134 valence electrons. The van der Waals surface area contributed by atoms with Crippen LogP contribution in [0.5, 0.6) is 5.75 Å². The van der Waals surface area contributed by atoms with Crippen LogP contribution >= 0.6 is 11.3 Å². The molecule has 0 aliphatic rings. The molecule has 27 heavy (non-hydrogen) atoms. The van der Waals surface area contributed by atoms with Gasteiger partial charge in [0.15, 0.2) is 5.75 Å². The molecule has 3 aromatic heterocycles. The SMILES string of the molecule is O=c1c2c(-c3ccco3)csc2ncn1/N=C/c1ccc(O)c([N+](=O)[O-])c1. The fourth-order valence-electron chi connectivity index (χ4n) is 2.51. The Balaban J connectivity index is 1.77. The minimum absolute atomic E-state index is 0.350. The van der Waals surface area contributed by atoms with Crippen molar-refractivity contribution >= 4 is 33.5 Å². The average Bonchev–Trinajstić information content (AvgIpc) is 3.31. The van der Waals surface area contributed by atoms with E-state index in [1.807, 2.05) is 0 Å². The molecular formula is C17H10N4O5S. The Kier molecular flexibility index (Phi) is 4.01. The number of aromatic hydroxyl groups is 1. The summed E-state index contributed by atoms with van der Waals surface area (Å²) >= 11 is 1.32. The monoisotopic (exact) mass is 382 g/mol. The average molecular weight is 382 g/mol. The number of nitro groups is 1. The number of furan rings is 1. The molecule has 0 aliphatic heterocycles. The normalized spacial score (nSPS) is 11.4. The van der Waals surface area contributed by atoms with E-state index in [9.17, 15) is 20.0 Å². The van der Waals surface area contributed by atoms with Gasteiger partial charge in [0.05, 0.1) is 22.8 Å². The van der Waals surface area contributed by atoms with Crippen LogP contribution in [0.15, 0.2) is 62.6 Å². The first-order valence-corrected chi connectivity index (χ1v) is 8.47. The molecule has 1 aromatic carbocycles. The van der Waals surface area contributed by atoms with Crippen molar-refractivity contribution in [2.45, 2.75) is 0 Å². The predicted molar refractivity (Wildman–Crippen MR) is 99.3 cm³/mol. The fourth-order valence-corrected chi connectivity index (χ4v) is 3.40. The maximum atomic E-state index is 12.8. The number of phenols is 1. The van der Waals surface area contributed by atoms with Crippen LogP contribution in [0.1, 0.15) is 5.56 Å². The molecule has 0 fully saturated rings. The zero-order valence-corrected chi connectivity index (χ0v) is 14.3. The molecule has 10 heteroatoms. The van der Waals surface area contributed by atoms with Crippen molar-refractivity contribution < 1.29 is 14.4 Å². The van der Waals surface area contributed by atoms with Crippen molar-refractivity contribution in [1.29, 1.82) is 0 Å². The molecule has 0 spiro atoms. The summed E-state index contributed by atoms with van der Waals surface area (Å²) in [6, 6.07) is 7.27. The summed E-state index contributed by atoms with van der Waals surface area (Å²) in [6.45, 7) is 0. The van der Waals surface area contributed by atoms with Gasteiger partial charge in [-0.2, -0.15) is 9.78 Å². The Morgan fingerprint density at radius 2 is 2.22 bits per heavy atom. The van der Waals surface area contributed by atoms with Crippen LogP contribution in [0.25, 0.3) is 21.5 Å². The lowest BCUT2D eigenvalue weighted by molar-refractivity contribution is -0.385. The first-order chi connectivity index (χ1) is 13.0. The van der Waals surface area contributed by atoms with Crippen LogP contribution in [0, 0.1) is 10.1 Å². The molecule has 0 aliphatic carbocycles. The summed E-state index contributed by atoms with van der Waals surface area (Å²) in [5.41, 5.74) is 0.139. The van der Waals surface area contributed by atoms with Crippen molar-refractivity contribution in [3.63, 3.8) is 0 Å². The number of phenolic OH excluding ortho intramolecular Hbond substituents is 1. The molecule has 0 radical (unpaired) electrons. The van der Waals surface area contributed by atoms with Gasteiger partial charge < -0.3 is 9.52 Å². The lowest BCUT2D eigenvalue weighted by atomic mass is 10.2. The van der Waals surface area contributed by atoms with Gasteiger partial charge in [-0.3, -0.25) is 14.9 Å². The van der Waals surface area contributed by atoms with Crippen LogP contribution in [-0.2, 0) is 0 Å². The number of nitro benzene ring substituents is 1. The van der Waals surface area contributed by atoms with E-state index in [1.165, 1.54) is 42.3 Å². The Morgan fingerprint density at radius 1 is 1.37 bits per heavy atom. The van der Waals surface area contributed by atoms with E-state index in [4.69, 9.17) is 4.42 Å². The minimum atomic E-state index is -0.701. The van der Waals surface area contributed by atoms with Crippen LogP contribution < -0.4 is 5.56 Å². The summed E-state index contributed by atoms with van der Waals surface area (Å²) in [7, 11) is 0. The van der Waals surface area contributed by atoms with Crippen molar-refractivity contribution in [2.24, 2.45) is 5.10 Å². The van der Waals surface area contributed by atoms with E-state index in [1.54, 1.807) is 17.5 Å². The lowest BCUT2D eigenvalue weighted by Crippen LogP contribution is -2.16. The Labute approximate surface area is 154 Å². The number of thiophene rings is 1. The zero-order valence-electron chi connectivity index (χ0n) is 13.5. The third-order valence-electron chi connectivity index (χ3n) is 3.79. The number of nitrogens with zero attached hydrogens (tertiary/aromatic N) is 4. The molecule has 0 atom stereocenters. The van der Waals surface area contributed by atoms with Crippen LogP contribution in [0.2, 0.25) is 0 Å². The molecule has 4 aromatic rings. The van der Waals surface area contributed by atoms with Gasteiger partial charge in [0.2, 0.25) is 0 Å². The third kappa shape index (κ3) is 2.98. The number of benzene rings is 1. The standard InChI is InChI=1S/C17H10N4O5S/c22-13-4-3-10(6-12(13)21(24)25)7-19-20-9-18-16-15(17(20)23)11(8-27-16)14-2-1-5-26-14/h1-9,22H/b19-7+. The van der Waals surface area contributed by atoms with Gasteiger partial charge in [0.25, 0.3) is 5.56 Å². The maximum absolute atomic E-state index is 12.8. The van der Waals surface area contributed by atoms with Gasteiger partial charge in [0, 0.05) is 22.6 Å². The number of aromatic nitrogens is 2. The van der Waals surface area contributed by atoms with E-state index in [0.717, 1.165) is 10.7 Å². The quantitative estimate of drug-likeness (QED) is 0.328. The first-order valence-electron chi connectivity index (χ1n) is 7.59. The van der Waals surface area contributed by atoms with Gasteiger partial charge in [-0.15, -0.1) is 11.3 Å². The molecule has 0 saturated carbocycles. The first kappa shape index (κ1) is 16.7. The van der Waals surface area contributed by atoms with Crippen molar-refractivity contribution in [3.8, 4) is 17.1 Å². The van der Waals surface area contributed by atoms with E-state index >= 15 is 0 Å². The highest BCUT2D eigenvalue weighted by Crippen LogP contribution is 2.30. The third-order valence-corrected chi connectivity index (χ3v) is 4.68. The highest BCUT2D eigenvalue weighted by molar-refractivity contribution is 7.17. The number of fused-ring (bicyclic) bond motifs is 1. The van der Waals surface area contributed by atoms with Crippen LogP contribution in [-0.4, -0.2) is 25.9 Å². The lowest BCUT2D eigenvalue weighted by Gasteiger charge is -2.00. The second-order valence-corrected chi connectivity index (χ2v) is 6.31. The summed E-state index contributed by atoms with van der Waals surface area (Å²) in [4.78, 5) is 27.8. The maximum Gasteiger partial charge on any atom is 0.311 e. The molecule has 0 unspecified atom stereocenters. The number of rotatable bonds is 4. The highest BCUT2D eigenvalue weighted by Gasteiger charge is 2.15. The van der Waals surface area contributed by atoms with Crippen molar-refractivity contribution in [2.75, 3.05) is 0 Å². The molecule has 1 N–H and O–H groups in total. The molecule has 0 saturated heterocycles. The van der Waals surface area contributed by atoms with E-state index in [0.29, 0.717) is 27.1 Å². The molecule has 0 amide bonds. The predicted octanol–water partition coefficient (Wildman–Crippen LogP) is 3.21. The van der Waals surface area contributed by atoms with Gasteiger partial charge in [0.1, 0.15) is 16.9 Å². The summed E-state index contributed by atoms with van der Waals surface area (Å²) < 4.78 is 6.40. The second kappa shape index (κ2) is 6.50. The zero-order chi connectivity index (χ0) is 19.0. The van der Waals surface area contributed by atoms with Gasteiger partial charge in [-0.05, 0) is 24.3 Å². The van der Waals surface area contributed by atoms with E-state index < -0.39 is 21.9 Å². The molecule has 9 nitrogen and oxygen atoms in total. The van der Waals surface area contributed by atoms with Gasteiger partial charge >= 0.3 is 5.69 Å². The summed E-state index contributed by atoms with van der Waals surface area (Å²) in [6.07, 6.45) is 4.07. The summed E-state index contributed by atoms with van der Waals surface area (Å²) in [5, 5.41) is 26.6. The Bertz CT molecular complexity index is 1240. The molecule has 0 bridgehead atoms. The van der Waals surface area contributed by atoms with Gasteiger partial charge in [-0.1, -0.05) is 0 Å². The molecular weight excluding hydrogens is 372 g/mol. The van der Waals surface area contributed by atoms with Crippen LogP contribution in [0.4, 0.5) is 5.69 Å². The number of hydrogen-bond donors (Lipinski definition) is 1. The van der Waals surface area contributed by atoms with Gasteiger partial charge in [-0.25, -0.2) is 4.98 Å². The van der Waals surface area contributed by atoms with E-state index in [2.05, 4.69) is 10.1 Å². The molecule has 3 heterocycles. The highest BCUT2D eigenvalue weighted by atomic mass is 32.1. The minimum Gasteiger partial charge on any atom is -0.502 e. The second-order valence-electron chi connectivity index (χ2n) is 5.45. The Hall–Kier alpha value is -3.79. The topological polar surface area (TPSA) is 124 Å². The van der Waals surface area contributed by atoms with Crippen LogP contribution in [0.3, 0.4) is 0 Å². The number of hydrogen-bond acceptors (Lipinski definition) is 8. The van der Waals surface area contributed by atoms with Crippen molar-refractivity contribution in [3.05, 3.63) is 74.3 Å². The fraction of sp³-hybridized carbons (Fsp3) is 0. The Morgan fingerprint density at radius 3 is 2.96 bits per heavy atom.